The number of ether oxygens (including phenoxy) is 2. The Bertz CT molecular complexity index is 568. The Balaban J connectivity index is 1.83. The van der Waals surface area contributed by atoms with E-state index in [9.17, 15) is 5.11 Å². The first-order valence-corrected chi connectivity index (χ1v) is 9.41. The van der Waals surface area contributed by atoms with Crippen LogP contribution in [0, 0.1) is 5.92 Å². The lowest BCUT2D eigenvalue weighted by Gasteiger charge is -2.49. The van der Waals surface area contributed by atoms with Gasteiger partial charge in [0.25, 0.3) is 0 Å². The highest BCUT2D eigenvalue weighted by Gasteiger charge is 2.41. The molecule has 0 spiro atoms. The summed E-state index contributed by atoms with van der Waals surface area (Å²) in [7, 11) is 0. The van der Waals surface area contributed by atoms with Gasteiger partial charge in [0.2, 0.25) is 0 Å². The molecule has 1 aromatic carbocycles. The van der Waals surface area contributed by atoms with E-state index in [1.807, 2.05) is 32.9 Å². The second kappa shape index (κ2) is 7.51. The molecule has 4 nitrogen and oxygen atoms in total. The van der Waals surface area contributed by atoms with Crippen LogP contribution in [0.1, 0.15) is 39.2 Å². The number of hydrogen-bond donors (Lipinski definition) is 1. The van der Waals surface area contributed by atoms with Crippen molar-refractivity contribution in [2.24, 2.45) is 5.92 Å². The van der Waals surface area contributed by atoms with Gasteiger partial charge in [-0.05, 0) is 76.7 Å². The molecule has 4 rings (SSSR count). The predicted molar refractivity (Wildman–Crippen MR) is 96.2 cm³/mol. The molecule has 0 amide bonds. The molecule has 3 aliphatic rings. The highest BCUT2D eigenvalue weighted by molar-refractivity contribution is 6.32. The maximum atomic E-state index is 10.6. The number of rotatable bonds is 6. The summed E-state index contributed by atoms with van der Waals surface area (Å²) in [4.78, 5) is 2.41. The molecular formula is C19H28ClNO3. The van der Waals surface area contributed by atoms with Crippen molar-refractivity contribution in [1.29, 1.82) is 0 Å². The van der Waals surface area contributed by atoms with E-state index in [-0.39, 0.29) is 18.2 Å². The van der Waals surface area contributed by atoms with Crippen LogP contribution < -0.4 is 9.47 Å². The average molecular weight is 354 g/mol. The van der Waals surface area contributed by atoms with Gasteiger partial charge < -0.3 is 14.6 Å². The third-order valence-electron chi connectivity index (χ3n) is 5.09. The van der Waals surface area contributed by atoms with Crippen molar-refractivity contribution in [2.75, 3.05) is 19.7 Å². The summed E-state index contributed by atoms with van der Waals surface area (Å²) in [6, 6.07) is 4.15. The zero-order chi connectivity index (χ0) is 17.3. The van der Waals surface area contributed by atoms with Crippen molar-refractivity contribution in [1.82, 2.24) is 4.90 Å². The molecule has 3 fully saturated rings. The highest BCUT2D eigenvalue weighted by Crippen LogP contribution is 2.39. The Labute approximate surface area is 149 Å². The summed E-state index contributed by atoms with van der Waals surface area (Å²) in [5, 5.41) is 11.2. The lowest BCUT2D eigenvalue weighted by Crippen LogP contribution is -2.58. The van der Waals surface area contributed by atoms with E-state index in [0.29, 0.717) is 29.0 Å². The molecule has 1 aromatic rings. The molecule has 2 unspecified atom stereocenters. The summed E-state index contributed by atoms with van der Waals surface area (Å²) in [6.45, 7) is 8.65. The van der Waals surface area contributed by atoms with Gasteiger partial charge in [0.05, 0.1) is 23.8 Å². The number of halogens is 1. The molecule has 3 heterocycles. The van der Waals surface area contributed by atoms with Gasteiger partial charge in [-0.15, -0.1) is 0 Å². The topological polar surface area (TPSA) is 41.9 Å². The summed E-state index contributed by atoms with van der Waals surface area (Å²) < 4.78 is 11.6. The van der Waals surface area contributed by atoms with E-state index in [1.165, 1.54) is 0 Å². The standard InChI is InChI=1S/C19H28ClNO3/c1-4-23-17-11-13(9-15(20)19(17)24-12(2)3)10-16-18(22)14-5-7-21(16)8-6-14/h9,11-12,14,16,18,22H,4-8,10H2,1-3H3. The summed E-state index contributed by atoms with van der Waals surface area (Å²) in [5.41, 5.74) is 1.09. The number of hydrogen-bond acceptors (Lipinski definition) is 4. The van der Waals surface area contributed by atoms with E-state index >= 15 is 0 Å². The molecule has 1 N–H and O–H groups in total. The fraction of sp³-hybridized carbons (Fsp3) is 0.684. The SMILES string of the molecule is CCOc1cc(CC2C(O)C3CCN2CC3)cc(Cl)c1OC(C)C. The zero-order valence-electron chi connectivity index (χ0n) is 14.8. The molecule has 2 atom stereocenters. The second-order valence-corrected chi connectivity index (χ2v) is 7.55. The highest BCUT2D eigenvalue weighted by atomic mass is 35.5. The van der Waals surface area contributed by atoms with Gasteiger partial charge in [-0.25, -0.2) is 0 Å². The van der Waals surface area contributed by atoms with E-state index in [0.717, 1.165) is 37.9 Å². The largest absolute Gasteiger partial charge is 0.490 e. The molecule has 3 saturated heterocycles. The third-order valence-corrected chi connectivity index (χ3v) is 5.37. The smallest absolute Gasteiger partial charge is 0.180 e. The Morgan fingerprint density at radius 3 is 2.58 bits per heavy atom. The van der Waals surface area contributed by atoms with Gasteiger partial charge >= 0.3 is 0 Å². The summed E-state index contributed by atoms with van der Waals surface area (Å²) in [5.74, 6) is 1.76. The second-order valence-electron chi connectivity index (χ2n) is 7.14. The van der Waals surface area contributed by atoms with Crippen molar-refractivity contribution < 1.29 is 14.6 Å². The maximum absolute atomic E-state index is 10.6. The molecule has 0 aliphatic carbocycles. The van der Waals surface area contributed by atoms with Gasteiger partial charge in [0.15, 0.2) is 11.5 Å². The normalized spacial score (nSPS) is 29.1. The minimum Gasteiger partial charge on any atom is -0.490 e. The number of piperidine rings is 3. The summed E-state index contributed by atoms with van der Waals surface area (Å²) >= 11 is 6.47. The Morgan fingerprint density at radius 2 is 2.00 bits per heavy atom. The first kappa shape index (κ1) is 17.8. The van der Waals surface area contributed by atoms with Crippen LogP contribution >= 0.6 is 11.6 Å². The van der Waals surface area contributed by atoms with Crippen molar-refractivity contribution >= 4 is 11.6 Å². The van der Waals surface area contributed by atoms with Crippen LogP contribution in [-0.2, 0) is 6.42 Å². The van der Waals surface area contributed by atoms with Gasteiger partial charge in [0, 0.05) is 6.04 Å². The molecule has 2 bridgehead atoms. The van der Waals surface area contributed by atoms with E-state index < -0.39 is 0 Å². The van der Waals surface area contributed by atoms with Gasteiger partial charge in [-0.3, -0.25) is 4.90 Å². The number of nitrogens with zero attached hydrogens (tertiary/aromatic N) is 1. The lowest BCUT2D eigenvalue weighted by atomic mass is 9.78. The molecule has 24 heavy (non-hydrogen) atoms. The predicted octanol–water partition coefficient (Wildman–Crippen LogP) is 3.52. The van der Waals surface area contributed by atoms with Gasteiger partial charge in [0.1, 0.15) is 0 Å². The van der Waals surface area contributed by atoms with E-state index in [4.69, 9.17) is 21.1 Å². The number of aliphatic hydroxyl groups excluding tert-OH is 1. The van der Waals surface area contributed by atoms with Crippen LogP contribution in [0.5, 0.6) is 11.5 Å². The molecule has 0 aromatic heterocycles. The number of aliphatic hydroxyl groups is 1. The molecule has 0 radical (unpaired) electrons. The van der Waals surface area contributed by atoms with E-state index in [2.05, 4.69) is 4.90 Å². The molecular weight excluding hydrogens is 326 g/mol. The molecule has 3 aliphatic heterocycles. The Kier molecular flexibility index (Phi) is 5.58. The Hall–Kier alpha value is -0.970. The molecule has 0 saturated carbocycles. The quantitative estimate of drug-likeness (QED) is 0.849. The summed E-state index contributed by atoms with van der Waals surface area (Å²) in [6.07, 6.45) is 2.82. The lowest BCUT2D eigenvalue weighted by molar-refractivity contribution is -0.0715. The minimum absolute atomic E-state index is 0.0366. The van der Waals surface area contributed by atoms with Gasteiger partial charge in [-0.1, -0.05) is 11.6 Å². The van der Waals surface area contributed by atoms with Crippen LogP contribution in [0.15, 0.2) is 12.1 Å². The Morgan fingerprint density at radius 1 is 1.29 bits per heavy atom. The van der Waals surface area contributed by atoms with Crippen molar-refractivity contribution in [3.8, 4) is 11.5 Å². The third kappa shape index (κ3) is 3.66. The van der Waals surface area contributed by atoms with Crippen molar-refractivity contribution in [3.05, 3.63) is 22.7 Å². The van der Waals surface area contributed by atoms with Crippen LogP contribution in [0.2, 0.25) is 5.02 Å². The first-order valence-electron chi connectivity index (χ1n) is 9.03. The van der Waals surface area contributed by atoms with Crippen LogP contribution in [0.3, 0.4) is 0 Å². The van der Waals surface area contributed by atoms with Crippen molar-refractivity contribution in [2.45, 2.75) is 58.3 Å². The molecule has 5 heteroatoms. The van der Waals surface area contributed by atoms with Crippen LogP contribution in [0.25, 0.3) is 0 Å². The fourth-order valence-electron chi connectivity index (χ4n) is 3.97. The van der Waals surface area contributed by atoms with Gasteiger partial charge in [-0.2, -0.15) is 0 Å². The number of benzene rings is 1. The minimum atomic E-state index is -0.242. The fourth-order valence-corrected chi connectivity index (χ4v) is 4.24. The van der Waals surface area contributed by atoms with E-state index in [1.54, 1.807) is 0 Å². The average Bonchev–Trinajstić information content (AvgIpc) is 2.54. The number of fused-ring (bicyclic) bond motifs is 3. The maximum Gasteiger partial charge on any atom is 0.180 e. The molecule has 134 valence electrons. The van der Waals surface area contributed by atoms with Crippen LogP contribution in [-0.4, -0.2) is 48.0 Å². The van der Waals surface area contributed by atoms with Crippen LogP contribution in [0.4, 0.5) is 0 Å². The zero-order valence-corrected chi connectivity index (χ0v) is 15.6. The monoisotopic (exact) mass is 353 g/mol. The first-order chi connectivity index (χ1) is 11.5. The van der Waals surface area contributed by atoms with Crippen molar-refractivity contribution in [3.63, 3.8) is 0 Å².